The lowest BCUT2D eigenvalue weighted by Gasteiger charge is -2.31. The van der Waals surface area contributed by atoms with Crippen molar-refractivity contribution in [2.45, 2.75) is 45.1 Å². The topological polar surface area (TPSA) is 101 Å². The molecule has 0 bridgehead atoms. The molecule has 0 saturated carbocycles. The van der Waals surface area contributed by atoms with Crippen molar-refractivity contribution in [3.05, 3.63) is 35.3 Å². The monoisotopic (exact) mass is 317 g/mol. The molecule has 0 radical (unpaired) electrons. The van der Waals surface area contributed by atoms with E-state index in [1.165, 1.54) is 0 Å². The van der Waals surface area contributed by atoms with Gasteiger partial charge in [-0.2, -0.15) is 5.10 Å². The van der Waals surface area contributed by atoms with Crippen LogP contribution in [-0.4, -0.2) is 39.1 Å². The molecule has 1 amide bonds. The first-order valence-corrected chi connectivity index (χ1v) is 8.05. The summed E-state index contributed by atoms with van der Waals surface area (Å²) in [4.78, 5) is 17.9. The fraction of sp³-hybridized carbons (Fsp3) is 0.562. The maximum Gasteiger partial charge on any atom is 0.269 e. The molecule has 0 spiro atoms. The Morgan fingerprint density at radius 3 is 3.04 bits per heavy atom. The highest BCUT2D eigenvalue weighted by Gasteiger charge is 2.24. The largest absolute Gasteiger partial charge is 0.444 e. The molecule has 1 aliphatic rings. The molecule has 2 aromatic rings. The number of carbonyl (C=O) groups is 1. The minimum absolute atomic E-state index is 0.298. The number of oxazole rings is 1. The number of likely N-dealkylation sites (tertiary alicyclic amines) is 1. The predicted octanol–water partition coefficient (Wildman–Crippen LogP) is 2.00. The molecular weight excluding hydrogens is 294 g/mol. The van der Waals surface area contributed by atoms with Gasteiger partial charge in [0.2, 0.25) is 5.89 Å². The van der Waals surface area contributed by atoms with E-state index in [1.54, 1.807) is 6.07 Å². The van der Waals surface area contributed by atoms with Crippen LogP contribution in [0.25, 0.3) is 0 Å². The number of amides is 1. The zero-order valence-electron chi connectivity index (χ0n) is 13.6. The van der Waals surface area contributed by atoms with Crippen LogP contribution in [-0.2, 0) is 6.54 Å². The third kappa shape index (κ3) is 3.61. The van der Waals surface area contributed by atoms with Crippen molar-refractivity contribution in [3.8, 4) is 0 Å². The average molecular weight is 317 g/mol. The minimum atomic E-state index is -0.499. The van der Waals surface area contributed by atoms with E-state index >= 15 is 0 Å². The Balaban J connectivity index is 1.64. The van der Waals surface area contributed by atoms with E-state index < -0.39 is 5.91 Å². The van der Waals surface area contributed by atoms with E-state index in [9.17, 15) is 4.79 Å². The van der Waals surface area contributed by atoms with Gasteiger partial charge in [0.05, 0.1) is 12.7 Å². The van der Waals surface area contributed by atoms with Crippen LogP contribution in [0.4, 0.5) is 0 Å². The van der Waals surface area contributed by atoms with E-state index in [-0.39, 0.29) is 0 Å². The molecule has 1 aliphatic heterocycles. The van der Waals surface area contributed by atoms with Crippen LogP contribution in [0.1, 0.15) is 66.4 Å². The molecule has 1 atom stereocenters. The normalized spacial score (nSPS) is 19.3. The molecule has 2 aromatic heterocycles. The van der Waals surface area contributed by atoms with Gasteiger partial charge in [-0.1, -0.05) is 13.8 Å². The van der Waals surface area contributed by atoms with Crippen molar-refractivity contribution in [1.82, 2.24) is 20.1 Å². The minimum Gasteiger partial charge on any atom is -0.444 e. The summed E-state index contributed by atoms with van der Waals surface area (Å²) >= 11 is 0. The third-order valence-electron chi connectivity index (χ3n) is 4.29. The number of H-pyrrole nitrogens is 1. The number of aromatic amines is 1. The van der Waals surface area contributed by atoms with Crippen LogP contribution in [0.15, 0.2) is 16.7 Å². The first-order valence-electron chi connectivity index (χ1n) is 8.05. The number of hydrogen-bond donors (Lipinski definition) is 2. The van der Waals surface area contributed by atoms with Crippen molar-refractivity contribution >= 4 is 5.91 Å². The van der Waals surface area contributed by atoms with Crippen LogP contribution in [0.2, 0.25) is 0 Å². The number of nitrogens with two attached hydrogens (primary N) is 1. The summed E-state index contributed by atoms with van der Waals surface area (Å²) in [5.74, 6) is 1.86. The Bertz CT molecular complexity index is 676. The maximum atomic E-state index is 11.2. The van der Waals surface area contributed by atoms with Gasteiger partial charge in [-0.25, -0.2) is 4.98 Å². The highest BCUT2D eigenvalue weighted by Crippen LogP contribution is 2.27. The Hall–Kier alpha value is -2.15. The number of nitrogens with one attached hydrogen (secondary N) is 1. The molecule has 0 aromatic carbocycles. The summed E-state index contributed by atoms with van der Waals surface area (Å²) in [6.45, 7) is 6.80. The summed E-state index contributed by atoms with van der Waals surface area (Å²) in [5.41, 5.74) is 6.53. The molecule has 0 aliphatic carbocycles. The van der Waals surface area contributed by atoms with E-state index in [4.69, 9.17) is 10.2 Å². The second kappa shape index (κ2) is 6.54. The van der Waals surface area contributed by atoms with Crippen molar-refractivity contribution < 1.29 is 9.21 Å². The van der Waals surface area contributed by atoms with Gasteiger partial charge in [-0.05, 0) is 25.5 Å². The fourth-order valence-corrected chi connectivity index (χ4v) is 2.98. The van der Waals surface area contributed by atoms with Crippen molar-refractivity contribution in [3.63, 3.8) is 0 Å². The van der Waals surface area contributed by atoms with Crippen LogP contribution in [0.3, 0.4) is 0 Å². The van der Waals surface area contributed by atoms with E-state index in [2.05, 4.69) is 33.9 Å². The van der Waals surface area contributed by atoms with Gasteiger partial charge in [-0.3, -0.25) is 14.8 Å². The van der Waals surface area contributed by atoms with Crippen molar-refractivity contribution in [2.75, 3.05) is 13.1 Å². The molecule has 1 fully saturated rings. The quantitative estimate of drug-likeness (QED) is 0.878. The molecule has 7 heteroatoms. The molecular formula is C16H23N5O2. The van der Waals surface area contributed by atoms with Crippen LogP contribution in [0, 0.1) is 0 Å². The molecule has 1 saturated heterocycles. The van der Waals surface area contributed by atoms with E-state index in [0.717, 1.165) is 43.3 Å². The van der Waals surface area contributed by atoms with E-state index in [0.29, 0.717) is 24.1 Å². The smallest absolute Gasteiger partial charge is 0.269 e. The molecule has 3 rings (SSSR count). The molecule has 124 valence electrons. The number of carbonyl (C=O) groups excluding carboxylic acids is 1. The summed E-state index contributed by atoms with van der Waals surface area (Å²) in [5, 5.41) is 6.92. The van der Waals surface area contributed by atoms with Gasteiger partial charge in [0, 0.05) is 24.1 Å². The molecule has 7 nitrogen and oxygen atoms in total. The lowest BCUT2D eigenvalue weighted by Crippen LogP contribution is -2.34. The first-order chi connectivity index (χ1) is 11.0. The number of primary amides is 1. The predicted molar refractivity (Wildman–Crippen MR) is 84.9 cm³/mol. The summed E-state index contributed by atoms with van der Waals surface area (Å²) < 4.78 is 5.79. The van der Waals surface area contributed by atoms with Crippen LogP contribution < -0.4 is 5.73 Å². The second-order valence-corrected chi connectivity index (χ2v) is 6.46. The summed E-state index contributed by atoms with van der Waals surface area (Å²) in [7, 11) is 0. The van der Waals surface area contributed by atoms with Gasteiger partial charge in [0.1, 0.15) is 11.5 Å². The molecule has 3 N–H and O–H groups in total. The van der Waals surface area contributed by atoms with Gasteiger partial charge < -0.3 is 10.2 Å². The zero-order chi connectivity index (χ0) is 16.4. The Morgan fingerprint density at radius 2 is 2.39 bits per heavy atom. The zero-order valence-corrected chi connectivity index (χ0v) is 13.6. The fourth-order valence-electron chi connectivity index (χ4n) is 2.98. The van der Waals surface area contributed by atoms with Gasteiger partial charge in [0.25, 0.3) is 5.91 Å². The number of hydrogen-bond acceptors (Lipinski definition) is 5. The molecule has 3 heterocycles. The summed E-state index contributed by atoms with van der Waals surface area (Å²) in [6.07, 6.45) is 3.97. The number of piperidine rings is 1. The lowest BCUT2D eigenvalue weighted by atomic mass is 9.94. The highest BCUT2D eigenvalue weighted by atomic mass is 16.4. The maximum absolute atomic E-state index is 11.2. The lowest BCUT2D eigenvalue weighted by molar-refractivity contribution is 0.0995. The standard InChI is InChI=1S/C16H23N5O2/c1-10(2)14-7-18-15(23-14)9-21-5-3-4-11(8-21)12-6-13(16(17)22)20-19-12/h6-7,10-11H,3-5,8-9H2,1-2H3,(H2,17,22)(H,19,20)/t11-/m1/s1. The average Bonchev–Trinajstić information content (AvgIpc) is 3.16. The van der Waals surface area contributed by atoms with E-state index in [1.807, 2.05) is 6.20 Å². The molecule has 23 heavy (non-hydrogen) atoms. The third-order valence-corrected chi connectivity index (χ3v) is 4.29. The van der Waals surface area contributed by atoms with Crippen molar-refractivity contribution in [1.29, 1.82) is 0 Å². The Kier molecular flexibility index (Phi) is 4.47. The van der Waals surface area contributed by atoms with Gasteiger partial charge >= 0.3 is 0 Å². The van der Waals surface area contributed by atoms with Crippen molar-refractivity contribution in [2.24, 2.45) is 5.73 Å². The van der Waals surface area contributed by atoms with Crippen LogP contribution in [0.5, 0.6) is 0 Å². The Morgan fingerprint density at radius 1 is 1.57 bits per heavy atom. The molecule has 0 unspecified atom stereocenters. The number of aromatic nitrogens is 3. The SMILES string of the molecule is CC(C)c1cnc(CN2CCC[C@@H](c3cc(C(N)=O)n[nH]3)C2)o1. The Labute approximate surface area is 135 Å². The van der Waals surface area contributed by atoms with Gasteiger partial charge in [0.15, 0.2) is 0 Å². The summed E-state index contributed by atoms with van der Waals surface area (Å²) in [6, 6.07) is 1.76. The highest BCUT2D eigenvalue weighted by molar-refractivity contribution is 5.90. The van der Waals surface area contributed by atoms with Gasteiger partial charge in [-0.15, -0.1) is 0 Å². The second-order valence-electron chi connectivity index (χ2n) is 6.46. The number of rotatable bonds is 5. The number of nitrogens with zero attached hydrogens (tertiary/aromatic N) is 3. The first kappa shape index (κ1) is 15.7. The van der Waals surface area contributed by atoms with Crippen LogP contribution >= 0.6 is 0 Å².